The second-order valence-electron chi connectivity index (χ2n) is 17.6. The van der Waals surface area contributed by atoms with Crippen LogP contribution in [0.15, 0.2) is 72.9 Å². The standard InChI is InChI=1S/C53H88O15/c1-3-5-7-9-11-13-15-17-18-19-20-21-22-24-26-28-30-32-34-36-45(56)66-41(38-63-44(55)35-33-31-29-27-25-23-16-14-12-10-8-6-4-2)39-64-52-51(62)49(60)47(58)43(68-52)40-65-53-50(61)48(59)46(57)42(37-54)67-53/h6,8,11-14,17-18,20-21,23,25,41-43,46-54,57-62H,3-5,7,9-10,15-16,19,22,24,26-40H2,1-2H3/b8-6-,13-11-,14-12-,18-17-,21-20-,25-23-. The van der Waals surface area contributed by atoms with E-state index in [1.54, 1.807) is 0 Å². The Morgan fingerprint density at radius 2 is 0.926 bits per heavy atom. The van der Waals surface area contributed by atoms with Crippen LogP contribution in [0.25, 0.3) is 0 Å². The lowest BCUT2D eigenvalue weighted by atomic mass is 9.98. The SMILES string of the molecule is CC/C=C\C/C=C\C/C=C\CCCCCC(=O)OCC(COC1OC(COC2OC(CO)C(O)C(O)C2O)C(O)C(O)C1O)OC(=O)CCCCCCCC/C=C\C/C=C\C/C=C\CCCCC. The summed E-state index contributed by atoms with van der Waals surface area (Å²) in [5, 5.41) is 72.1. The second kappa shape index (κ2) is 39.6. The minimum absolute atomic E-state index is 0.140. The number of rotatable bonds is 38. The molecule has 0 radical (unpaired) electrons. The quantitative estimate of drug-likeness (QED) is 0.0187. The van der Waals surface area contributed by atoms with Crippen LogP contribution in [0.5, 0.6) is 0 Å². The van der Waals surface area contributed by atoms with E-state index in [4.69, 9.17) is 28.4 Å². The van der Waals surface area contributed by atoms with E-state index in [9.17, 15) is 45.3 Å². The van der Waals surface area contributed by atoms with Gasteiger partial charge in [-0.1, -0.05) is 132 Å². The number of aliphatic hydroxyl groups excluding tert-OH is 7. The van der Waals surface area contributed by atoms with Crippen LogP contribution in [0.4, 0.5) is 0 Å². The monoisotopic (exact) mass is 965 g/mol. The Bertz CT molecular complexity index is 1460. The van der Waals surface area contributed by atoms with Crippen LogP contribution in [0.2, 0.25) is 0 Å². The van der Waals surface area contributed by atoms with E-state index >= 15 is 0 Å². The molecule has 68 heavy (non-hydrogen) atoms. The van der Waals surface area contributed by atoms with E-state index in [-0.39, 0.29) is 19.4 Å². The number of esters is 2. The van der Waals surface area contributed by atoms with Crippen LogP contribution in [0.3, 0.4) is 0 Å². The Hall–Kier alpha value is -3.06. The molecule has 2 heterocycles. The van der Waals surface area contributed by atoms with Gasteiger partial charge in [-0.2, -0.15) is 0 Å². The van der Waals surface area contributed by atoms with Gasteiger partial charge in [0.15, 0.2) is 18.7 Å². The molecule has 0 aliphatic carbocycles. The molecule has 15 heteroatoms. The molecule has 390 valence electrons. The summed E-state index contributed by atoms with van der Waals surface area (Å²) in [5.74, 6) is -0.981. The smallest absolute Gasteiger partial charge is 0.306 e. The predicted octanol–water partition coefficient (Wildman–Crippen LogP) is 7.04. The minimum Gasteiger partial charge on any atom is -0.462 e. The number of hydrogen-bond donors (Lipinski definition) is 7. The van der Waals surface area contributed by atoms with E-state index in [0.29, 0.717) is 12.8 Å². The first kappa shape index (κ1) is 61.1. The zero-order valence-corrected chi connectivity index (χ0v) is 41.1. The highest BCUT2D eigenvalue weighted by atomic mass is 16.7. The summed E-state index contributed by atoms with van der Waals surface area (Å²) >= 11 is 0. The number of aliphatic hydroxyl groups is 7. The van der Waals surface area contributed by atoms with E-state index < -0.39 is 99.3 Å². The van der Waals surface area contributed by atoms with Crippen LogP contribution in [-0.4, -0.2) is 142 Å². The van der Waals surface area contributed by atoms with Crippen molar-refractivity contribution in [2.24, 2.45) is 0 Å². The van der Waals surface area contributed by atoms with Crippen molar-refractivity contribution < 1.29 is 73.8 Å². The van der Waals surface area contributed by atoms with E-state index in [0.717, 1.165) is 96.3 Å². The van der Waals surface area contributed by atoms with Gasteiger partial charge in [0.25, 0.3) is 0 Å². The van der Waals surface area contributed by atoms with Crippen molar-refractivity contribution in [3.8, 4) is 0 Å². The summed E-state index contributed by atoms with van der Waals surface area (Å²) in [6.45, 7) is 2.38. The van der Waals surface area contributed by atoms with Crippen molar-refractivity contribution >= 4 is 11.9 Å². The summed E-state index contributed by atoms with van der Waals surface area (Å²) in [6, 6.07) is 0. The Kier molecular flexibility index (Phi) is 35.6. The summed E-state index contributed by atoms with van der Waals surface area (Å²) in [4.78, 5) is 25.7. The molecular weight excluding hydrogens is 877 g/mol. The molecular formula is C53H88O15. The average molecular weight is 965 g/mol. The Morgan fingerprint density at radius 1 is 0.485 bits per heavy atom. The molecule has 0 bridgehead atoms. The van der Waals surface area contributed by atoms with Crippen molar-refractivity contribution in [2.45, 2.75) is 223 Å². The molecule has 11 atom stereocenters. The van der Waals surface area contributed by atoms with Crippen LogP contribution in [0, 0.1) is 0 Å². The van der Waals surface area contributed by atoms with Gasteiger partial charge in [-0.3, -0.25) is 9.59 Å². The molecule has 15 nitrogen and oxygen atoms in total. The number of carbonyl (C=O) groups excluding carboxylic acids is 2. The maximum Gasteiger partial charge on any atom is 0.306 e. The Morgan fingerprint density at radius 3 is 1.47 bits per heavy atom. The molecule has 2 aliphatic rings. The Labute approximate surface area is 406 Å². The number of carbonyl (C=O) groups is 2. The average Bonchev–Trinajstić information content (AvgIpc) is 3.33. The molecule has 2 aliphatic heterocycles. The molecule has 0 aromatic carbocycles. The van der Waals surface area contributed by atoms with Gasteiger partial charge in [0.1, 0.15) is 55.4 Å². The summed E-state index contributed by atoms with van der Waals surface area (Å²) in [6.07, 6.45) is 29.3. The maximum atomic E-state index is 13.0. The Balaban J connectivity index is 1.83. The van der Waals surface area contributed by atoms with Crippen molar-refractivity contribution in [2.75, 3.05) is 26.4 Å². The van der Waals surface area contributed by atoms with Crippen LogP contribution in [0.1, 0.15) is 155 Å². The van der Waals surface area contributed by atoms with Gasteiger partial charge in [-0.25, -0.2) is 0 Å². The number of allylic oxidation sites excluding steroid dienone is 12. The van der Waals surface area contributed by atoms with Gasteiger partial charge >= 0.3 is 11.9 Å². The third kappa shape index (κ3) is 27.4. The molecule has 7 N–H and O–H groups in total. The van der Waals surface area contributed by atoms with Gasteiger partial charge in [-0.05, 0) is 83.5 Å². The van der Waals surface area contributed by atoms with Gasteiger partial charge in [0.2, 0.25) is 0 Å². The molecule has 0 aromatic rings. The molecule has 0 amide bonds. The van der Waals surface area contributed by atoms with E-state index in [2.05, 4.69) is 86.8 Å². The first-order valence-corrected chi connectivity index (χ1v) is 25.5. The van der Waals surface area contributed by atoms with E-state index in [1.807, 2.05) is 0 Å². The van der Waals surface area contributed by atoms with Crippen molar-refractivity contribution in [1.82, 2.24) is 0 Å². The fourth-order valence-corrected chi connectivity index (χ4v) is 7.47. The van der Waals surface area contributed by atoms with Gasteiger partial charge < -0.3 is 64.2 Å². The number of hydrogen-bond acceptors (Lipinski definition) is 15. The molecule has 2 fully saturated rings. The largest absolute Gasteiger partial charge is 0.462 e. The molecule has 2 saturated heterocycles. The topological polar surface area (TPSA) is 231 Å². The van der Waals surface area contributed by atoms with E-state index in [1.165, 1.54) is 19.3 Å². The van der Waals surface area contributed by atoms with Crippen molar-refractivity contribution in [1.29, 1.82) is 0 Å². The first-order valence-electron chi connectivity index (χ1n) is 25.5. The summed E-state index contributed by atoms with van der Waals surface area (Å²) in [5.41, 5.74) is 0. The third-order valence-electron chi connectivity index (χ3n) is 11.7. The van der Waals surface area contributed by atoms with Gasteiger partial charge in [0.05, 0.1) is 19.8 Å². The van der Waals surface area contributed by atoms with Crippen LogP contribution in [-0.2, 0) is 38.0 Å². The summed E-state index contributed by atoms with van der Waals surface area (Å²) in [7, 11) is 0. The molecule has 2 rings (SSSR count). The van der Waals surface area contributed by atoms with Crippen molar-refractivity contribution in [3.05, 3.63) is 72.9 Å². The van der Waals surface area contributed by atoms with Crippen LogP contribution < -0.4 is 0 Å². The zero-order valence-electron chi connectivity index (χ0n) is 41.1. The highest BCUT2D eigenvalue weighted by Crippen LogP contribution is 2.26. The fourth-order valence-electron chi connectivity index (χ4n) is 7.47. The van der Waals surface area contributed by atoms with Gasteiger partial charge in [-0.15, -0.1) is 0 Å². The molecule has 11 unspecified atom stereocenters. The molecule has 0 spiro atoms. The zero-order chi connectivity index (χ0) is 49.6. The molecule has 0 aromatic heterocycles. The second-order valence-corrected chi connectivity index (χ2v) is 17.6. The lowest BCUT2D eigenvalue weighted by Crippen LogP contribution is -2.61. The summed E-state index contributed by atoms with van der Waals surface area (Å²) < 4.78 is 33.5. The minimum atomic E-state index is -1.78. The fraction of sp³-hybridized carbons (Fsp3) is 0.736. The normalized spacial score (nSPS) is 26.4. The highest BCUT2D eigenvalue weighted by Gasteiger charge is 2.47. The number of ether oxygens (including phenoxy) is 6. The maximum absolute atomic E-state index is 13.0. The molecule has 0 saturated carbocycles. The lowest BCUT2D eigenvalue weighted by Gasteiger charge is -2.42. The predicted molar refractivity (Wildman–Crippen MR) is 261 cm³/mol. The van der Waals surface area contributed by atoms with Gasteiger partial charge in [0, 0.05) is 12.8 Å². The van der Waals surface area contributed by atoms with Crippen LogP contribution >= 0.6 is 0 Å². The number of unbranched alkanes of at least 4 members (excludes halogenated alkanes) is 12. The lowest BCUT2D eigenvalue weighted by molar-refractivity contribution is -0.332. The highest BCUT2D eigenvalue weighted by molar-refractivity contribution is 5.70. The first-order chi connectivity index (χ1) is 33.0. The third-order valence-corrected chi connectivity index (χ3v) is 11.7. The van der Waals surface area contributed by atoms with Crippen molar-refractivity contribution in [3.63, 3.8) is 0 Å².